The maximum atomic E-state index is 10.9. The number of carboxylic acid groups (broad SMARTS) is 1. The molecule has 80 valence electrons. The lowest BCUT2D eigenvalue weighted by Crippen LogP contribution is -2.39. The van der Waals surface area contributed by atoms with Crippen LogP contribution in [0.15, 0.2) is 24.3 Å². The summed E-state index contributed by atoms with van der Waals surface area (Å²) in [6.45, 7) is 0. The van der Waals surface area contributed by atoms with Crippen molar-refractivity contribution in [3.05, 3.63) is 35.4 Å². The van der Waals surface area contributed by atoms with Gasteiger partial charge in [0.2, 0.25) is 0 Å². The molecule has 1 aliphatic rings. The second-order valence-corrected chi connectivity index (χ2v) is 4.06. The van der Waals surface area contributed by atoms with Crippen LogP contribution in [0.5, 0.6) is 0 Å². The van der Waals surface area contributed by atoms with E-state index in [4.69, 9.17) is 5.11 Å². The molecule has 0 aliphatic heterocycles. The van der Waals surface area contributed by atoms with Gasteiger partial charge in [0.1, 0.15) is 0 Å². The summed E-state index contributed by atoms with van der Waals surface area (Å²) in [6, 6.07) is 8.08. The summed E-state index contributed by atoms with van der Waals surface area (Å²) in [5.74, 6) is -0.749. The summed E-state index contributed by atoms with van der Waals surface area (Å²) in [5.41, 5.74) is 2.06. The molecule has 0 heterocycles. The lowest BCUT2D eigenvalue weighted by molar-refractivity contribution is -0.138. The summed E-state index contributed by atoms with van der Waals surface area (Å²) >= 11 is 0. The molecule has 0 aromatic heterocycles. The first kappa shape index (κ1) is 10.2. The van der Waals surface area contributed by atoms with Gasteiger partial charge in [-0.2, -0.15) is 0 Å². The van der Waals surface area contributed by atoms with Crippen LogP contribution in [0.4, 0.5) is 0 Å². The fourth-order valence-electron chi connectivity index (χ4n) is 2.48. The summed E-state index contributed by atoms with van der Waals surface area (Å²) in [6.07, 6.45) is 1.99. The Hall–Kier alpha value is -1.35. The number of fused-ring (bicyclic) bond motifs is 1. The summed E-state index contributed by atoms with van der Waals surface area (Å²) < 4.78 is 0. The number of carbonyl (C=O) groups is 1. The SMILES string of the molecule is CNC1(CC(=O)O)CCc2ccccc21. The normalized spacial score (nSPS) is 23.8. The first-order chi connectivity index (χ1) is 7.18. The molecule has 0 radical (unpaired) electrons. The third kappa shape index (κ3) is 1.63. The Balaban J connectivity index is 2.41. The lowest BCUT2D eigenvalue weighted by Gasteiger charge is -2.28. The molecule has 1 aliphatic carbocycles. The van der Waals surface area contributed by atoms with Crippen molar-refractivity contribution in [2.45, 2.75) is 24.8 Å². The van der Waals surface area contributed by atoms with Crippen LogP contribution >= 0.6 is 0 Å². The van der Waals surface area contributed by atoms with Crippen LogP contribution in [-0.2, 0) is 16.8 Å². The summed E-state index contributed by atoms with van der Waals surface area (Å²) in [7, 11) is 1.84. The van der Waals surface area contributed by atoms with Gasteiger partial charge in [-0.15, -0.1) is 0 Å². The van der Waals surface area contributed by atoms with Crippen molar-refractivity contribution in [2.24, 2.45) is 0 Å². The summed E-state index contributed by atoms with van der Waals surface area (Å²) in [4.78, 5) is 10.9. The molecule has 0 saturated carbocycles. The van der Waals surface area contributed by atoms with E-state index in [-0.39, 0.29) is 12.0 Å². The van der Waals surface area contributed by atoms with Gasteiger partial charge in [-0.05, 0) is 31.0 Å². The molecule has 0 saturated heterocycles. The topological polar surface area (TPSA) is 49.3 Å². The van der Waals surface area contributed by atoms with Gasteiger partial charge in [-0.25, -0.2) is 0 Å². The lowest BCUT2D eigenvalue weighted by atomic mass is 9.88. The van der Waals surface area contributed by atoms with E-state index < -0.39 is 5.97 Å². The molecule has 1 aromatic rings. The maximum absolute atomic E-state index is 10.9. The van der Waals surface area contributed by atoms with E-state index in [1.807, 2.05) is 25.2 Å². The van der Waals surface area contributed by atoms with Crippen molar-refractivity contribution in [1.29, 1.82) is 0 Å². The van der Waals surface area contributed by atoms with Gasteiger partial charge < -0.3 is 10.4 Å². The zero-order chi connectivity index (χ0) is 10.9. The van der Waals surface area contributed by atoms with Crippen LogP contribution in [-0.4, -0.2) is 18.1 Å². The molecule has 0 amide bonds. The van der Waals surface area contributed by atoms with Gasteiger partial charge in [-0.3, -0.25) is 4.79 Å². The van der Waals surface area contributed by atoms with Crippen LogP contribution in [0.25, 0.3) is 0 Å². The van der Waals surface area contributed by atoms with Gasteiger partial charge in [-0.1, -0.05) is 24.3 Å². The molecule has 2 rings (SSSR count). The second-order valence-electron chi connectivity index (χ2n) is 4.06. The number of rotatable bonds is 3. The minimum Gasteiger partial charge on any atom is -0.481 e. The number of hydrogen-bond acceptors (Lipinski definition) is 2. The van der Waals surface area contributed by atoms with Crippen LogP contribution in [0.1, 0.15) is 24.0 Å². The van der Waals surface area contributed by atoms with Crippen LogP contribution < -0.4 is 5.32 Å². The average molecular weight is 205 g/mol. The molecule has 1 atom stereocenters. The van der Waals surface area contributed by atoms with Crippen molar-refractivity contribution in [3.8, 4) is 0 Å². The van der Waals surface area contributed by atoms with Gasteiger partial charge in [0.05, 0.1) is 12.0 Å². The molecule has 1 unspecified atom stereocenters. The molecule has 3 nitrogen and oxygen atoms in total. The highest BCUT2D eigenvalue weighted by atomic mass is 16.4. The molecule has 1 aromatic carbocycles. The zero-order valence-corrected chi connectivity index (χ0v) is 8.79. The van der Waals surface area contributed by atoms with Crippen LogP contribution in [0, 0.1) is 0 Å². The Morgan fingerprint density at radius 3 is 2.93 bits per heavy atom. The minimum atomic E-state index is -0.749. The van der Waals surface area contributed by atoms with Crippen molar-refractivity contribution in [3.63, 3.8) is 0 Å². The smallest absolute Gasteiger partial charge is 0.305 e. The fraction of sp³-hybridized carbons (Fsp3) is 0.417. The Morgan fingerprint density at radius 1 is 1.53 bits per heavy atom. The largest absolute Gasteiger partial charge is 0.481 e. The predicted octanol–water partition coefficient (Wildman–Crippen LogP) is 1.52. The molecule has 0 spiro atoms. The van der Waals surface area contributed by atoms with E-state index >= 15 is 0 Å². The number of aryl methyl sites for hydroxylation is 1. The van der Waals surface area contributed by atoms with Crippen molar-refractivity contribution in [1.82, 2.24) is 5.32 Å². The van der Waals surface area contributed by atoms with Gasteiger partial charge in [0.25, 0.3) is 0 Å². The molecule has 0 fully saturated rings. The van der Waals surface area contributed by atoms with E-state index in [0.717, 1.165) is 18.4 Å². The number of nitrogens with one attached hydrogen (secondary N) is 1. The van der Waals surface area contributed by atoms with E-state index in [2.05, 4.69) is 11.4 Å². The molecule has 0 bridgehead atoms. The van der Waals surface area contributed by atoms with Crippen molar-refractivity contribution in [2.75, 3.05) is 7.05 Å². The highest BCUT2D eigenvalue weighted by molar-refractivity contribution is 5.69. The third-order valence-corrected chi connectivity index (χ3v) is 3.29. The van der Waals surface area contributed by atoms with Crippen LogP contribution in [0.3, 0.4) is 0 Å². The number of hydrogen-bond donors (Lipinski definition) is 2. The molecular formula is C12H15NO2. The highest BCUT2D eigenvalue weighted by Gasteiger charge is 2.38. The quantitative estimate of drug-likeness (QED) is 0.786. The molecule has 3 heteroatoms. The van der Waals surface area contributed by atoms with E-state index in [1.165, 1.54) is 5.56 Å². The summed E-state index contributed by atoms with van der Waals surface area (Å²) in [5, 5.41) is 12.1. The molecule has 2 N–H and O–H groups in total. The highest BCUT2D eigenvalue weighted by Crippen LogP contribution is 2.38. The minimum absolute atomic E-state index is 0.153. The Morgan fingerprint density at radius 2 is 2.27 bits per heavy atom. The van der Waals surface area contributed by atoms with Crippen molar-refractivity contribution < 1.29 is 9.90 Å². The van der Waals surface area contributed by atoms with E-state index in [9.17, 15) is 4.79 Å². The zero-order valence-electron chi connectivity index (χ0n) is 8.79. The predicted molar refractivity (Wildman–Crippen MR) is 57.8 cm³/mol. The average Bonchev–Trinajstić information content (AvgIpc) is 2.58. The molecule has 15 heavy (non-hydrogen) atoms. The third-order valence-electron chi connectivity index (χ3n) is 3.29. The number of carboxylic acids is 1. The van der Waals surface area contributed by atoms with E-state index in [1.54, 1.807) is 0 Å². The van der Waals surface area contributed by atoms with Crippen molar-refractivity contribution >= 4 is 5.97 Å². The standard InChI is InChI=1S/C12H15NO2/c1-13-12(8-11(14)15)7-6-9-4-2-3-5-10(9)12/h2-5,13H,6-8H2,1H3,(H,14,15). The Bertz CT molecular complexity index is 389. The van der Waals surface area contributed by atoms with Gasteiger partial charge in [0, 0.05) is 0 Å². The first-order valence-corrected chi connectivity index (χ1v) is 5.17. The van der Waals surface area contributed by atoms with E-state index in [0.29, 0.717) is 0 Å². The molecular weight excluding hydrogens is 190 g/mol. The Labute approximate surface area is 89.1 Å². The Kier molecular flexibility index (Phi) is 2.49. The van der Waals surface area contributed by atoms with Crippen LogP contribution in [0.2, 0.25) is 0 Å². The van der Waals surface area contributed by atoms with Gasteiger partial charge >= 0.3 is 5.97 Å². The first-order valence-electron chi connectivity index (χ1n) is 5.17. The van der Waals surface area contributed by atoms with Gasteiger partial charge in [0.15, 0.2) is 0 Å². The monoisotopic (exact) mass is 205 g/mol. The maximum Gasteiger partial charge on any atom is 0.305 e. The number of benzene rings is 1. The fourth-order valence-corrected chi connectivity index (χ4v) is 2.48. The second kappa shape index (κ2) is 3.66. The number of aliphatic carboxylic acids is 1.